The predicted molar refractivity (Wildman–Crippen MR) is 58.3 cm³/mol. The van der Waals surface area contributed by atoms with Crippen molar-refractivity contribution in [3.05, 3.63) is 15.6 Å². The molecule has 0 aromatic carbocycles. The largest absolute Gasteiger partial charge is 0.299 e. The number of aromatic nitrogens is 1. The summed E-state index contributed by atoms with van der Waals surface area (Å²) in [4.78, 5) is 28.3. The zero-order valence-electron chi connectivity index (χ0n) is 8.87. The fourth-order valence-electron chi connectivity index (χ4n) is 1.58. The van der Waals surface area contributed by atoms with Crippen LogP contribution in [-0.2, 0) is 4.79 Å². The molecule has 0 aliphatic heterocycles. The van der Waals surface area contributed by atoms with Crippen LogP contribution in [0, 0.1) is 19.8 Å². The Balaban J connectivity index is 2.06. The highest BCUT2D eigenvalue weighted by molar-refractivity contribution is 7.11. The standard InChI is InChI=1S/C11H13NO2S/c1-6-11(12-7(2)15-6)10(14)5-9(13)8-3-4-8/h8H,3-5H2,1-2H3. The van der Waals surface area contributed by atoms with Crippen molar-refractivity contribution in [3.8, 4) is 0 Å². The SMILES string of the molecule is Cc1nc(C(=O)CC(=O)C2CC2)c(C)s1. The van der Waals surface area contributed by atoms with Crippen molar-refractivity contribution in [1.29, 1.82) is 0 Å². The number of thiazole rings is 1. The minimum atomic E-state index is -0.117. The Morgan fingerprint density at radius 3 is 2.53 bits per heavy atom. The molecule has 1 aliphatic carbocycles. The summed E-state index contributed by atoms with van der Waals surface area (Å²) in [5, 5.41) is 0.884. The van der Waals surface area contributed by atoms with Gasteiger partial charge in [0, 0.05) is 10.8 Å². The predicted octanol–water partition coefficient (Wildman–Crippen LogP) is 2.31. The minimum Gasteiger partial charge on any atom is -0.299 e. The quantitative estimate of drug-likeness (QED) is 0.581. The lowest BCUT2D eigenvalue weighted by molar-refractivity contribution is -0.119. The van der Waals surface area contributed by atoms with Gasteiger partial charge in [0.05, 0.1) is 11.4 Å². The van der Waals surface area contributed by atoms with Crippen LogP contribution in [0.5, 0.6) is 0 Å². The van der Waals surface area contributed by atoms with E-state index in [0.717, 1.165) is 22.7 Å². The number of rotatable bonds is 4. The molecule has 2 rings (SSSR count). The number of Topliss-reactive ketones (excluding diaryl/α,β-unsaturated/α-hetero) is 2. The van der Waals surface area contributed by atoms with Gasteiger partial charge in [0.25, 0.3) is 0 Å². The summed E-state index contributed by atoms with van der Waals surface area (Å²) < 4.78 is 0. The van der Waals surface area contributed by atoms with Crippen LogP contribution in [-0.4, -0.2) is 16.6 Å². The Morgan fingerprint density at radius 1 is 1.40 bits per heavy atom. The molecule has 0 N–H and O–H groups in total. The molecule has 0 amide bonds. The number of carbonyl (C=O) groups is 2. The molecule has 3 nitrogen and oxygen atoms in total. The van der Waals surface area contributed by atoms with Crippen molar-refractivity contribution in [2.45, 2.75) is 33.1 Å². The van der Waals surface area contributed by atoms with E-state index >= 15 is 0 Å². The maximum absolute atomic E-state index is 11.7. The molecule has 1 heterocycles. The number of aryl methyl sites for hydroxylation is 2. The van der Waals surface area contributed by atoms with Crippen LogP contribution >= 0.6 is 11.3 Å². The first-order valence-electron chi connectivity index (χ1n) is 5.08. The molecule has 0 radical (unpaired) electrons. The minimum absolute atomic E-state index is 0.0364. The molecule has 4 heteroatoms. The molecular weight excluding hydrogens is 210 g/mol. The number of carbonyl (C=O) groups excluding carboxylic acids is 2. The third-order valence-electron chi connectivity index (χ3n) is 2.54. The van der Waals surface area contributed by atoms with Gasteiger partial charge in [-0.1, -0.05) is 0 Å². The summed E-state index contributed by atoms with van der Waals surface area (Å²) in [7, 11) is 0. The van der Waals surface area contributed by atoms with Gasteiger partial charge >= 0.3 is 0 Å². The van der Waals surface area contributed by atoms with E-state index in [1.54, 1.807) is 0 Å². The molecule has 1 aromatic heterocycles. The van der Waals surface area contributed by atoms with Crippen molar-refractivity contribution >= 4 is 22.9 Å². The Kier molecular flexibility index (Phi) is 2.69. The number of ketones is 2. The second-order valence-electron chi connectivity index (χ2n) is 3.98. The van der Waals surface area contributed by atoms with Gasteiger partial charge in [-0.2, -0.15) is 0 Å². The van der Waals surface area contributed by atoms with Crippen molar-refractivity contribution in [3.63, 3.8) is 0 Å². The number of hydrogen-bond acceptors (Lipinski definition) is 4. The van der Waals surface area contributed by atoms with E-state index in [1.807, 2.05) is 13.8 Å². The fourth-order valence-corrected chi connectivity index (χ4v) is 2.42. The molecule has 0 saturated heterocycles. The van der Waals surface area contributed by atoms with E-state index in [-0.39, 0.29) is 23.9 Å². The highest BCUT2D eigenvalue weighted by atomic mass is 32.1. The van der Waals surface area contributed by atoms with Crippen molar-refractivity contribution in [2.24, 2.45) is 5.92 Å². The number of hydrogen-bond donors (Lipinski definition) is 0. The Morgan fingerprint density at radius 2 is 2.07 bits per heavy atom. The van der Waals surface area contributed by atoms with Crippen molar-refractivity contribution in [1.82, 2.24) is 4.98 Å². The summed E-state index contributed by atoms with van der Waals surface area (Å²) >= 11 is 1.51. The molecule has 15 heavy (non-hydrogen) atoms. The monoisotopic (exact) mass is 223 g/mol. The second-order valence-corrected chi connectivity index (χ2v) is 5.39. The van der Waals surface area contributed by atoms with E-state index < -0.39 is 0 Å². The summed E-state index contributed by atoms with van der Waals surface area (Å²) in [5.41, 5.74) is 0.492. The zero-order valence-corrected chi connectivity index (χ0v) is 9.69. The molecule has 1 fully saturated rings. The van der Waals surface area contributed by atoms with Gasteiger partial charge in [-0.15, -0.1) is 11.3 Å². The maximum Gasteiger partial charge on any atom is 0.189 e. The van der Waals surface area contributed by atoms with E-state index in [1.165, 1.54) is 11.3 Å². The van der Waals surface area contributed by atoms with Gasteiger partial charge in [-0.3, -0.25) is 9.59 Å². The van der Waals surface area contributed by atoms with Crippen molar-refractivity contribution in [2.75, 3.05) is 0 Å². The topological polar surface area (TPSA) is 47.0 Å². The maximum atomic E-state index is 11.7. The molecule has 1 saturated carbocycles. The first-order valence-corrected chi connectivity index (χ1v) is 5.89. The lowest BCUT2D eigenvalue weighted by atomic mass is 10.1. The lowest BCUT2D eigenvalue weighted by Crippen LogP contribution is -2.10. The average Bonchev–Trinajstić information content (AvgIpc) is 2.92. The third kappa shape index (κ3) is 2.31. The fraction of sp³-hybridized carbons (Fsp3) is 0.545. The van der Waals surface area contributed by atoms with Crippen LogP contribution < -0.4 is 0 Å². The van der Waals surface area contributed by atoms with Crippen LogP contribution in [0.1, 0.15) is 39.6 Å². The van der Waals surface area contributed by atoms with Gasteiger partial charge in [-0.05, 0) is 26.7 Å². The van der Waals surface area contributed by atoms with Crippen LogP contribution in [0.4, 0.5) is 0 Å². The van der Waals surface area contributed by atoms with Crippen LogP contribution in [0.25, 0.3) is 0 Å². The van der Waals surface area contributed by atoms with Crippen molar-refractivity contribution < 1.29 is 9.59 Å². The van der Waals surface area contributed by atoms with Gasteiger partial charge in [-0.25, -0.2) is 4.98 Å². The Bertz CT molecular complexity index is 418. The first-order chi connectivity index (χ1) is 7.08. The molecule has 1 aliphatic rings. The highest BCUT2D eigenvalue weighted by Crippen LogP contribution is 2.31. The molecule has 0 spiro atoms. The zero-order chi connectivity index (χ0) is 11.0. The normalized spacial score (nSPS) is 15.3. The summed E-state index contributed by atoms with van der Waals surface area (Å²) in [6.07, 6.45) is 1.96. The average molecular weight is 223 g/mol. The van der Waals surface area contributed by atoms with Crippen LogP contribution in [0.15, 0.2) is 0 Å². The summed E-state index contributed by atoms with van der Waals surface area (Å²) in [5.74, 6) is 0.132. The third-order valence-corrected chi connectivity index (χ3v) is 3.42. The molecule has 0 atom stereocenters. The van der Waals surface area contributed by atoms with Gasteiger partial charge < -0.3 is 0 Å². The molecule has 1 aromatic rings. The Labute approximate surface area is 92.5 Å². The summed E-state index contributed by atoms with van der Waals surface area (Å²) in [6.45, 7) is 3.75. The van der Waals surface area contributed by atoms with E-state index in [4.69, 9.17) is 0 Å². The van der Waals surface area contributed by atoms with Gasteiger partial charge in [0.1, 0.15) is 11.5 Å². The second kappa shape index (κ2) is 3.85. The van der Waals surface area contributed by atoms with Gasteiger partial charge in [0.2, 0.25) is 0 Å². The lowest BCUT2D eigenvalue weighted by Gasteiger charge is -1.96. The van der Waals surface area contributed by atoms with E-state index in [9.17, 15) is 9.59 Å². The molecule has 0 unspecified atom stereocenters. The Hall–Kier alpha value is -1.03. The summed E-state index contributed by atoms with van der Waals surface area (Å²) in [6, 6.07) is 0. The van der Waals surface area contributed by atoms with Gasteiger partial charge in [0.15, 0.2) is 5.78 Å². The smallest absolute Gasteiger partial charge is 0.189 e. The van der Waals surface area contributed by atoms with Crippen LogP contribution in [0.2, 0.25) is 0 Å². The molecule has 0 bridgehead atoms. The molecule has 80 valence electrons. The van der Waals surface area contributed by atoms with E-state index in [2.05, 4.69) is 4.98 Å². The van der Waals surface area contributed by atoms with Crippen LogP contribution in [0.3, 0.4) is 0 Å². The molecular formula is C11H13NO2S. The first kappa shape index (κ1) is 10.5. The highest BCUT2D eigenvalue weighted by Gasteiger charge is 2.31. The number of nitrogens with zero attached hydrogens (tertiary/aromatic N) is 1. The van der Waals surface area contributed by atoms with E-state index in [0.29, 0.717) is 5.69 Å².